The van der Waals surface area contributed by atoms with Crippen LogP contribution in [0.2, 0.25) is 0 Å². The molecule has 0 spiro atoms. The number of rotatable bonds is 10. The number of hydrogen-bond acceptors (Lipinski definition) is 5. The number of benzene rings is 2. The standard InChI is InChI=1S/C22H29N3O5S/c1-5-23-22(27)17(2)24(15-18-9-7-6-8-10-18)21(26)16-25(31(4,28)29)19-11-13-20(30-3)14-12-19/h6-14,17H,5,15-16H2,1-4H3,(H,23,27). The van der Waals surface area contributed by atoms with Gasteiger partial charge >= 0.3 is 0 Å². The van der Waals surface area contributed by atoms with Crippen LogP contribution in [0.4, 0.5) is 5.69 Å². The second-order valence-electron chi connectivity index (χ2n) is 7.05. The summed E-state index contributed by atoms with van der Waals surface area (Å²) < 4.78 is 31.0. The summed E-state index contributed by atoms with van der Waals surface area (Å²) in [6, 6.07) is 14.9. The fourth-order valence-corrected chi connectivity index (χ4v) is 3.90. The Bertz CT molecular complexity index is 978. The van der Waals surface area contributed by atoms with Gasteiger partial charge in [0.15, 0.2) is 0 Å². The minimum Gasteiger partial charge on any atom is -0.497 e. The van der Waals surface area contributed by atoms with Gasteiger partial charge in [-0.2, -0.15) is 0 Å². The van der Waals surface area contributed by atoms with E-state index in [4.69, 9.17) is 4.74 Å². The molecule has 0 fully saturated rings. The van der Waals surface area contributed by atoms with Gasteiger partial charge in [0.2, 0.25) is 21.8 Å². The Balaban J connectivity index is 2.34. The van der Waals surface area contributed by atoms with E-state index < -0.39 is 28.5 Å². The molecule has 1 N–H and O–H groups in total. The van der Waals surface area contributed by atoms with Crippen molar-refractivity contribution in [3.63, 3.8) is 0 Å². The summed E-state index contributed by atoms with van der Waals surface area (Å²) in [7, 11) is -2.24. The molecule has 9 heteroatoms. The number of amides is 2. The summed E-state index contributed by atoms with van der Waals surface area (Å²) in [4.78, 5) is 27.1. The smallest absolute Gasteiger partial charge is 0.244 e. The number of sulfonamides is 1. The second-order valence-corrected chi connectivity index (χ2v) is 8.95. The molecule has 8 nitrogen and oxygen atoms in total. The highest BCUT2D eigenvalue weighted by atomic mass is 32.2. The van der Waals surface area contributed by atoms with Crippen molar-refractivity contribution in [1.82, 2.24) is 10.2 Å². The zero-order chi connectivity index (χ0) is 23.0. The third-order valence-electron chi connectivity index (χ3n) is 4.75. The second kappa shape index (κ2) is 10.8. The number of nitrogens with zero attached hydrogens (tertiary/aromatic N) is 2. The fourth-order valence-electron chi connectivity index (χ4n) is 3.05. The van der Waals surface area contributed by atoms with Crippen LogP contribution >= 0.6 is 0 Å². The third-order valence-corrected chi connectivity index (χ3v) is 5.89. The molecule has 0 radical (unpaired) electrons. The normalized spacial score (nSPS) is 12.0. The maximum Gasteiger partial charge on any atom is 0.244 e. The molecule has 0 saturated carbocycles. The Morgan fingerprint density at radius 1 is 1.06 bits per heavy atom. The predicted molar refractivity (Wildman–Crippen MR) is 120 cm³/mol. The van der Waals surface area contributed by atoms with Crippen LogP contribution in [0.5, 0.6) is 5.75 Å². The summed E-state index contributed by atoms with van der Waals surface area (Å²) >= 11 is 0. The van der Waals surface area contributed by atoms with E-state index >= 15 is 0 Å². The van der Waals surface area contributed by atoms with Crippen molar-refractivity contribution in [1.29, 1.82) is 0 Å². The Labute approximate surface area is 183 Å². The number of anilines is 1. The molecule has 2 rings (SSSR count). The maximum atomic E-state index is 13.3. The van der Waals surface area contributed by atoms with Crippen LogP contribution in [0.25, 0.3) is 0 Å². The SMILES string of the molecule is CCNC(=O)C(C)N(Cc1ccccc1)C(=O)CN(c1ccc(OC)cc1)S(C)(=O)=O. The van der Waals surface area contributed by atoms with Gasteiger partial charge < -0.3 is 15.0 Å². The molecule has 1 unspecified atom stereocenters. The monoisotopic (exact) mass is 447 g/mol. The van der Waals surface area contributed by atoms with Gasteiger partial charge in [-0.3, -0.25) is 13.9 Å². The van der Waals surface area contributed by atoms with Gasteiger partial charge in [0, 0.05) is 13.1 Å². The molecule has 0 aromatic heterocycles. The van der Waals surface area contributed by atoms with Crippen LogP contribution in [-0.4, -0.2) is 57.6 Å². The molecule has 2 amide bonds. The maximum absolute atomic E-state index is 13.3. The Morgan fingerprint density at radius 2 is 1.68 bits per heavy atom. The quantitative estimate of drug-likeness (QED) is 0.601. The van der Waals surface area contributed by atoms with Gasteiger partial charge in [-0.1, -0.05) is 30.3 Å². The van der Waals surface area contributed by atoms with Crippen LogP contribution in [0.3, 0.4) is 0 Å². The van der Waals surface area contributed by atoms with E-state index in [0.717, 1.165) is 16.1 Å². The first-order valence-corrected chi connectivity index (χ1v) is 11.7. The van der Waals surface area contributed by atoms with Gasteiger partial charge in [-0.25, -0.2) is 8.42 Å². The van der Waals surface area contributed by atoms with Crippen LogP contribution in [0, 0.1) is 0 Å². The molecule has 2 aromatic carbocycles. The number of hydrogen-bond donors (Lipinski definition) is 1. The van der Waals surface area contributed by atoms with Crippen molar-refractivity contribution in [2.24, 2.45) is 0 Å². The van der Waals surface area contributed by atoms with E-state index in [1.165, 1.54) is 12.0 Å². The first-order chi connectivity index (χ1) is 14.7. The molecule has 1 atom stereocenters. The molecule has 0 bridgehead atoms. The summed E-state index contributed by atoms with van der Waals surface area (Å²) in [5.41, 5.74) is 1.17. The summed E-state index contributed by atoms with van der Waals surface area (Å²) in [6.45, 7) is 3.60. The van der Waals surface area contributed by atoms with E-state index in [-0.39, 0.29) is 12.5 Å². The van der Waals surface area contributed by atoms with Gasteiger partial charge in [0.05, 0.1) is 19.1 Å². The van der Waals surface area contributed by atoms with E-state index in [1.807, 2.05) is 30.3 Å². The molecular weight excluding hydrogens is 418 g/mol. The number of ether oxygens (including phenoxy) is 1. The zero-order valence-corrected chi connectivity index (χ0v) is 19.1. The molecule has 0 heterocycles. The number of carbonyl (C=O) groups is 2. The first kappa shape index (κ1) is 24.2. The molecule has 0 aliphatic carbocycles. The zero-order valence-electron chi connectivity index (χ0n) is 18.2. The van der Waals surface area contributed by atoms with Crippen LogP contribution < -0.4 is 14.4 Å². The first-order valence-electron chi connectivity index (χ1n) is 9.90. The highest BCUT2D eigenvalue weighted by Gasteiger charge is 2.29. The topological polar surface area (TPSA) is 96.0 Å². The van der Waals surface area contributed by atoms with Crippen LogP contribution in [0.15, 0.2) is 54.6 Å². The van der Waals surface area contributed by atoms with E-state index in [0.29, 0.717) is 18.0 Å². The van der Waals surface area contributed by atoms with Crippen molar-refractivity contribution in [2.45, 2.75) is 26.4 Å². The Morgan fingerprint density at radius 3 is 2.19 bits per heavy atom. The fraction of sp³-hybridized carbons (Fsp3) is 0.364. The predicted octanol–water partition coefficient (Wildman–Crippen LogP) is 2.01. The van der Waals surface area contributed by atoms with Gasteiger partial charge in [-0.05, 0) is 43.7 Å². The average molecular weight is 448 g/mol. The lowest BCUT2D eigenvalue weighted by molar-refractivity contribution is -0.139. The number of likely N-dealkylation sites (N-methyl/N-ethyl adjacent to an activating group) is 1. The van der Waals surface area contributed by atoms with E-state index in [9.17, 15) is 18.0 Å². The Hall–Kier alpha value is -3.07. The number of methoxy groups -OCH3 is 1. The lowest BCUT2D eigenvalue weighted by Gasteiger charge is -2.31. The number of carbonyl (C=O) groups excluding carboxylic acids is 2. The Kier molecular flexibility index (Phi) is 8.44. The average Bonchev–Trinajstić information content (AvgIpc) is 2.75. The molecule has 168 valence electrons. The third kappa shape index (κ3) is 6.71. The van der Waals surface area contributed by atoms with Crippen molar-refractivity contribution in [2.75, 3.05) is 30.8 Å². The number of nitrogens with one attached hydrogen (secondary N) is 1. The van der Waals surface area contributed by atoms with Crippen LogP contribution in [0.1, 0.15) is 19.4 Å². The molecular formula is C22H29N3O5S. The largest absolute Gasteiger partial charge is 0.497 e. The lowest BCUT2D eigenvalue weighted by Crippen LogP contribution is -2.51. The van der Waals surface area contributed by atoms with E-state index in [1.54, 1.807) is 38.1 Å². The van der Waals surface area contributed by atoms with Gasteiger partial charge in [-0.15, -0.1) is 0 Å². The molecule has 2 aromatic rings. The van der Waals surface area contributed by atoms with Crippen molar-refractivity contribution >= 4 is 27.5 Å². The van der Waals surface area contributed by atoms with Gasteiger partial charge in [0.1, 0.15) is 18.3 Å². The van der Waals surface area contributed by atoms with Crippen molar-refractivity contribution < 1.29 is 22.7 Å². The summed E-state index contributed by atoms with van der Waals surface area (Å²) in [5.74, 6) is -0.218. The van der Waals surface area contributed by atoms with E-state index in [2.05, 4.69) is 5.32 Å². The minimum absolute atomic E-state index is 0.179. The molecule has 31 heavy (non-hydrogen) atoms. The van der Waals surface area contributed by atoms with Crippen molar-refractivity contribution in [3.8, 4) is 5.75 Å². The minimum atomic E-state index is -3.75. The highest BCUT2D eigenvalue weighted by Crippen LogP contribution is 2.22. The van der Waals surface area contributed by atoms with Crippen LogP contribution in [-0.2, 0) is 26.2 Å². The molecule has 0 saturated heterocycles. The van der Waals surface area contributed by atoms with Crippen molar-refractivity contribution in [3.05, 3.63) is 60.2 Å². The molecule has 0 aliphatic heterocycles. The summed E-state index contributed by atoms with van der Waals surface area (Å²) in [5, 5.41) is 2.72. The van der Waals surface area contributed by atoms with Gasteiger partial charge in [0.25, 0.3) is 0 Å². The highest BCUT2D eigenvalue weighted by molar-refractivity contribution is 7.92. The lowest BCUT2D eigenvalue weighted by atomic mass is 10.1. The molecule has 0 aliphatic rings. The summed E-state index contributed by atoms with van der Waals surface area (Å²) in [6.07, 6.45) is 1.04.